The highest BCUT2D eigenvalue weighted by Crippen LogP contribution is 2.39. The molecule has 3 rings (SSSR count). The van der Waals surface area contributed by atoms with Crippen molar-refractivity contribution in [3.8, 4) is 0 Å². The molecule has 2 aromatic carbocycles. The van der Waals surface area contributed by atoms with E-state index >= 15 is 0 Å². The number of anilines is 2. The first-order valence-corrected chi connectivity index (χ1v) is 9.39. The molecular weight excluding hydrogens is 340 g/mol. The number of fused-ring (bicyclic) bond motifs is 1. The number of para-hydroxylation sites is 1. The molecule has 0 bridgehead atoms. The maximum absolute atomic E-state index is 12.5. The zero-order valence-corrected chi connectivity index (χ0v) is 15.5. The van der Waals surface area contributed by atoms with Gasteiger partial charge in [0.05, 0.1) is 12.2 Å². The number of thioether (sulfide) groups is 1. The Labute approximate surface area is 152 Å². The SMILES string of the molecule is CCC1CN(CC(=O)Nc2ccc(Cl)cc2C)c2ccccc2S1. The molecule has 1 amide bonds. The summed E-state index contributed by atoms with van der Waals surface area (Å²) < 4.78 is 0. The fourth-order valence-electron chi connectivity index (χ4n) is 2.87. The van der Waals surface area contributed by atoms with Gasteiger partial charge in [0, 0.05) is 27.4 Å². The molecule has 1 aliphatic rings. The smallest absolute Gasteiger partial charge is 0.243 e. The highest BCUT2D eigenvalue weighted by atomic mass is 35.5. The van der Waals surface area contributed by atoms with Gasteiger partial charge in [-0.2, -0.15) is 0 Å². The van der Waals surface area contributed by atoms with E-state index < -0.39 is 0 Å². The number of carbonyl (C=O) groups excluding carboxylic acids is 1. The van der Waals surface area contributed by atoms with Crippen LogP contribution >= 0.6 is 23.4 Å². The van der Waals surface area contributed by atoms with Crippen LogP contribution < -0.4 is 10.2 Å². The summed E-state index contributed by atoms with van der Waals surface area (Å²) in [6.07, 6.45) is 1.09. The number of nitrogens with zero attached hydrogens (tertiary/aromatic N) is 1. The molecule has 1 N–H and O–H groups in total. The molecule has 5 heteroatoms. The molecule has 2 aromatic rings. The first-order chi connectivity index (χ1) is 11.6. The number of aryl methyl sites for hydroxylation is 1. The number of nitrogens with one attached hydrogen (secondary N) is 1. The van der Waals surface area contributed by atoms with Crippen LogP contribution in [-0.4, -0.2) is 24.2 Å². The summed E-state index contributed by atoms with van der Waals surface area (Å²) in [4.78, 5) is 16.0. The van der Waals surface area contributed by atoms with E-state index in [-0.39, 0.29) is 5.91 Å². The first kappa shape index (κ1) is 17.2. The van der Waals surface area contributed by atoms with Gasteiger partial charge in [0.15, 0.2) is 0 Å². The molecule has 1 unspecified atom stereocenters. The van der Waals surface area contributed by atoms with E-state index in [2.05, 4.69) is 35.3 Å². The number of hydrogen-bond donors (Lipinski definition) is 1. The third-order valence-corrected chi connectivity index (χ3v) is 5.83. The molecule has 0 spiro atoms. The van der Waals surface area contributed by atoms with Crippen molar-refractivity contribution in [2.24, 2.45) is 0 Å². The van der Waals surface area contributed by atoms with Crippen LogP contribution in [0.1, 0.15) is 18.9 Å². The van der Waals surface area contributed by atoms with E-state index in [1.165, 1.54) is 4.90 Å². The Hall–Kier alpha value is -1.65. The van der Waals surface area contributed by atoms with Crippen molar-refractivity contribution in [3.63, 3.8) is 0 Å². The van der Waals surface area contributed by atoms with Crippen LogP contribution in [0.3, 0.4) is 0 Å². The van der Waals surface area contributed by atoms with Gasteiger partial charge in [-0.3, -0.25) is 4.79 Å². The number of hydrogen-bond acceptors (Lipinski definition) is 3. The minimum absolute atomic E-state index is 0.00280. The Morgan fingerprint density at radius 2 is 2.12 bits per heavy atom. The summed E-state index contributed by atoms with van der Waals surface area (Å²) >= 11 is 7.88. The molecule has 0 aromatic heterocycles. The number of halogens is 1. The van der Waals surface area contributed by atoms with Gasteiger partial charge in [0.1, 0.15) is 0 Å². The number of benzene rings is 2. The molecule has 3 nitrogen and oxygen atoms in total. The molecule has 1 aliphatic heterocycles. The Bertz CT molecular complexity index is 750. The quantitative estimate of drug-likeness (QED) is 0.834. The third-order valence-electron chi connectivity index (χ3n) is 4.18. The summed E-state index contributed by atoms with van der Waals surface area (Å²) in [6, 6.07) is 13.8. The normalized spacial score (nSPS) is 16.6. The Kier molecular flexibility index (Phi) is 5.36. The molecule has 1 atom stereocenters. The molecule has 0 radical (unpaired) electrons. The number of rotatable bonds is 4. The maximum Gasteiger partial charge on any atom is 0.243 e. The average molecular weight is 361 g/mol. The summed E-state index contributed by atoms with van der Waals surface area (Å²) in [5.74, 6) is -0.00280. The Morgan fingerprint density at radius 1 is 1.33 bits per heavy atom. The van der Waals surface area contributed by atoms with Crippen molar-refractivity contribution in [3.05, 3.63) is 53.1 Å². The van der Waals surface area contributed by atoms with E-state index in [1.54, 1.807) is 6.07 Å². The van der Waals surface area contributed by atoms with Crippen LogP contribution in [0.25, 0.3) is 0 Å². The lowest BCUT2D eigenvalue weighted by molar-refractivity contribution is -0.115. The molecule has 126 valence electrons. The van der Waals surface area contributed by atoms with Gasteiger partial charge in [-0.1, -0.05) is 30.7 Å². The van der Waals surface area contributed by atoms with Gasteiger partial charge in [-0.05, 0) is 49.2 Å². The van der Waals surface area contributed by atoms with Crippen molar-refractivity contribution in [2.75, 3.05) is 23.3 Å². The second kappa shape index (κ2) is 7.49. The van der Waals surface area contributed by atoms with Crippen molar-refractivity contribution < 1.29 is 4.79 Å². The fraction of sp³-hybridized carbons (Fsp3) is 0.316. The number of amides is 1. The summed E-state index contributed by atoms with van der Waals surface area (Å²) in [7, 11) is 0. The van der Waals surface area contributed by atoms with Crippen LogP contribution in [0.15, 0.2) is 47.4 Å². The molecule has 0 fully saturated rings. The van der Waals surface area contributed by atoms with Crippen molar-refractivity contribution >= 4 is 40.6 Å². The minimum atomic E-state index is -0.00280. The molecular formula is C19H21ClN2OS. The number of carbonyl (C=O) groups is 1. The minimum Gasteiger partial charge on any atom is -0.360 e. The molecule has 0 aliphatic carbocycles. The van der Waals surface area contributed by atoms with Crippen LogP contribution in [0.4, 0.5) is 11.4 Å². The molecule has 0 saturated heterocycles. The van der Waals surface area contributed by atoms with Crippen molar-refractivity contribution in [2.45, 2.75) is 30.4 Å². The molecule has 1 heterocycles. The second-order valence-electron chi connectivity index (χ2n) is 6.00. The van der Waals surface area contributed by atoms with Gasteiger partial charge in [-0.15, -0.1) is 11.8 Å². The van der Waals surface area contributed by atoms with E-state index in [1.807, 2.05) is 36.9 Å². The van der Waals surface area contributed by atoms with Gasteiger partial charge in [0.25, 0.3) is 0 Å². The van der Waals surface area contributed by atoms with Crippen LogP contribution in [0.2, 0.25) is 5.02 Å². The fourth-order valence-corrected chi connectivity index (χ4v) is 4.35. The third kappa shape index (κ3) is 3.87. The van der Waals surface area contributed by atoms with E-state index in [4.69, 9.17) is 11.6 Å². The van der Waals surface area contributed by atoms with Gasteiger partial charge in [-0.25, -0.2) is 0 Å². The zero-order valence-electron chi connectivity index (χ0n) is 13.9. The first-order valence-electron chi connectivity index (χ1n) is 8.13. The molecule has 24 heavy (non-hydrogen) atoms. The van der Waals surface area contributed by atoms with Crippen LogP contribution in [-0.2, 0) is 4.79 Å². The predicted molar refractivity (Wildman–Crippen MR) is 103 cm³/mol. The van der Waals surface area contributed by atoms with Gasteiger partial charge in [0.2, 0.25) is 5.91 Å². The average Bonchev–Trinajstić information content (AvgIpc) is 2.57. The van der Waals surface area contributed by atoms with Crippen LogP contribution in [0.5, 0.6) is 0 Å². The Balaban J connectivity index is 1.74. The summed E-state index contributed by atoms with van der Waals surface area (Å²) in [5.41, 5.74) is 2.93. The molecule has 0 saturated carbocycles. The van der Waals surface area contributed by atoms with Gasteiger partial charge < -0.3 is 10.2 Å². The lowest BCUT2D eigenvalue weighted by atomic mass is 10.2. The highest BCUT2D eigenvalue weighted by molar-refractivity contribution is 8.00. The van der Waals surface area contributed by atoms with Gasteiger partial charge >= 0.3 is 0 Å². The lowest BCUT2D eigenvalue weighted by Crippen LogP contribution is -2.40. The standard InChI is InChI=1S/C19H21ClN2OS/c1-3-15-11-22(17-6-4-5-7-18(17)24-15)12-19(23)21-16-9-8-14(20)10-13(16)2/h4-10,15H,3,11-12H2,1-2H3,(H,21,23). The topological polar surface area (TPSA) is 32.3 Å². The van der Waals surface area contributed by atoms with Crippen molar-refractivity contribution in [1.82, 2.24) is 0 Å². The lowest BCUT2D eigenvalue weighted by Gasteiger charge is -2.34. The summed E-state index contributed by atoms with van der Waals surface area (Å²) in [6.45, 7) is 5.39. The van der Waals surface area contributed by atoms with Crippen molar-refractivity contribution in [1.29, 1.82) is 0 Å². The largest absolute Gasteiger partial charge is 0.360 e. The highest BCUT2D eigenvalue weighted by Gasteiger charge is 2.25. The zero-order chi connectivity index (χ0) is 17.1. The summed E-state index contributed by atoms with van der Waals surface area (Å²) in [5, 5.41) is 4.20. The second-order valence-corrected chi connectivity index (χ2v) is 7.78. The monoisotopic (exact) mass is 360 g/mol. The van der Waals surface area contributed by atoms with E-state index in [0.717, 1.165) is 29.9 Å². The van der Waals surface area contributed by atoms with E-state index in [9.17, 15) is 4.79 Å². The van der Waals surface area contributed by atoms with Crippen LogP contribution in [0, 0.1) is 6.92 Å². The van der Waals surface area contributed by atoms with E-state index in [0.29, 0.717) is 16.8 Å². The maximum atomic E-state index is 12.5. The predicted octanol–water partition coefficient (Wildman–Crippen LogP) is 4.98. The Morgan fingerprint density at radius 3 is 2.88 bits per heavy atom.